The van der Waals surface area contributed by atoms with Gasteiger partial charge >= 0.3 is 0 Å². The lowest BCUT2D eigenvalue weighted by Crippen LogP contribution is -1.98. The number of benzene rings is 2. The van der Waals surface area contributed by atoms with Crippen LogP contribution in [0, 0.1) is 0 Å². The summed E-state index contributed by atoms with van der Waals surface area (Å²) in [5.74, 6) is 0.734. The molecule has 0 N–H and O–H groups in total. The molecule has 0 spiro atoms. The molecule has 1 aromatic heterocycles. The Morgan fingerprint density at radius 1 is 1.05 bits per heavy atom. The highest BCUT2D eigenvalue weighted by atomic mass is 16.5. The van der Waals surface area contributed by atoms with E-state index in [1.165, 1.54) is 0 Å². The molecule has 0 saturated carbocycles. The summed E-state index contributed by atoms with van der Waals surface area (Å²) in [6, 6.07) is 19.3. The van der Waals surface area contributed by atoms with Crippen molar-refractivity contribution < 1.29 is 9.53 Å². The Kier molecular flexibility index (Phi) is 3.97. The fraction of sp³-hybridized carbons (Fsp3) is 0.0526. The number of hydrogen-bond donors (Lipinski definition) is 0. The second-order valence-corrected chi connectivity index (χ2v) is 4.95. The Morgan fingerprint density at radius 2 is 1.82 bits per heavy atom. The summed E-state index contributed by atoms with van der Waals surface area (Å²) in [6.45, 7) is 4.08. The van der Waals surface area contributed by atoms with Crippen molar-refractivity contribution in [3.05, 3.63) is 78.5 Å². The van der Waals surface area contributed by atoms with Gasteiger partial charge in [-0.25, -0.2) is 4.98 Å². The van der Waals surface area contributed by atoms with E-state index in [1.54, 1.807) is 0 Å². The fourth-order valence-electron chi connectivity index (χ4n) is 2.18. The molecule has 0 unspecified atom stereocenters. The number of rotatable bonds is 5. The fourth-order valence-corrected chi connectivity index (χ4v) is 2.18. The molecular formula is C19H15NO2. The highest BCUT2D eigenvalue weighted by Gasteiger charge is 2.01. The maximum Gasteiger partial charge on any atom is 0.150 e. The van der Waals surface area contributed by atoms with E-state index >= 15 is 0 Å². The molecule has 0 fully saturated rings. The van der Waals surface area contributed by atoms with Gasteiger partial charge in [0, 0.05) is 11.0 Å². The Balaban J connectivity index is 1.70. The molecule has 0 amide bonds. The summed E-state index contributed by atoms with van der Waals surface area (Å²) in [5, 5.41) is 1.11. The lowest BCUT2D eigenvalue weighted by atomic mass is 10.1. The molecule has 0 radical (unpaired) electrons. The maximum absolute atomic E-state index is 10.7. The van der Waals surface area contributed by atoms with Crippen LogP contribution in [-0.2, 0) is 11.4 Å². The summed E-state index contributed by atoms with van der Waals surface area (Å²) in [7, 11) is 0. The van der Waals surface area contributed by atoms with Gasteiger partial charge in [-0.15, -0.1) is 0 Å². The molecule has 0 saturated heterocycles. The first kappa shape index (κ1) is 14.0. The van der Waals surface area contributed by atoms with Gasteiger partial charge in [0.05, 0.1) is 11.2 Å². The van der Waals surface area contributed by atoms with Crippen LogP contribution in [-0.4, -0.2) is 11.3 Å². The Labute approximate surface area is 128 Å². The lowest BCUT2D eigenvalue weighted by Gasteiger charge is -2.07. The quantitative estimate of drug-likeness (QED) is 0.526. The number of aromatic nitrogens is 1. The van der Waals surface area contributed by atoms with Gasteiger partial charge in [0.15, 0.2) is 0 Å². The summed E-state index contributed by atoms with van der Waals surface area (Å²) < 4.78 is 5.73. The largest absolute Gasteiger partial charge is 0.487 e. The first-order valence-corrected chi connectivity index (χ1v) is 6.98. The predicted octanol–water partition coefficient (Wildman–Crippen LogP) is 4.03. The van der Waals surface area contributed by atoms with Crippen LogP contribution in [0.1, 0.15) is 11.3 Å². The molecule has 0 aliphatic heterocycles. The molecular weight excluding hydrogens is 274 g/mol. The Bertz CT molecular complexity index is 822. The summed E-state index contributed by atoms with van der Waals surface area (Å²) in [5.41, 5.74) is 3.09. The van der Waals surface area contributed by atoms with Crippen molar-refractivity contribution in [2.75, 3.05) is 0 Å². The molecule has 0 atom stereocenters. The average molecular weight is 289 g/mol. The summed E-state index contributed by atoms with van der Waals surface area (Å²) >= 11 is 0. The standard InChI is InChI=1S/C19H15NO2/c1-14(12-21)15-7-10-18(11-8-15)22-13-17-9-6-16-4-2-3-5-19(16)20-17/h2-12H,1,13H2. The van der Waals surface area contributed by atoms with Crippen LogP contribution >= 0.6 is 0 Å². The molecule has 108 valence electrons. The zero-order chi connectivity index (χ0) is 15.4. The topological polar surface area (TPSA) is 39.2 Å². The number of ether oxygens (including phenoxy) is 1. The Hall–Kier alpha value is -2.94. The van der Waals surface area contributed by atoms with Crippen molar-refractivity contribution in [2.45, 2.75) is 6.61 Å². The minimum atomic E-state index is 0.402. The molecule has 0 aliphatic rings. The number of nitrogens with zero attached hydrogens (tertiary/aromatic N) is 1. The summed E-state index contributed by atoms with van der Waals surface area (Å²) in [6.07, 6.45) is 0.745. The minimum absolute atomic E-state index is 0.402. The predicted molar refractivity (Wildman–Crippen MR) is 87.6 cm³/mol. The van der Waals surface area contributed by atoms with Crippen LogP contribution in [0.25, 0.3) is 16.5 Å². The van der Waals surface area contributed by atoms with E-state index in [1.807, 2.05) is 60.7 Å². The number of pyridine rings is 1. The van der Waals surface area contributed by atoms with Gasteiger partial charge in [0.25, 0.3) is 0 Å². The first-order valence-electron chi connectivity index (χ1n) is 6.98. The van der Waals surface area contributed by atoms with Gasteiger partial charge in [0.2, 0.25) is 0 Å². The number of carbonyl (C=O) groups is 1. The van der Waals surface area contributed by atoms with Gasteiger partial charge in [-0.2, -0.15) is 0 Å². The third-order valence-corrected chi connectivity index (χ3v) is 3.41. The highest BCUT2D eigenvalue weighted by Crippen LogP contribution is 2.18. The number of aldehydes is 1. The van der Waals surface area contributed by atoms with Crippen molar-refractivity contribution in [3.63, 3.8) is 0 Å². The van der Waals surface area contributed by atoms with Gasteiger partial charge in [-0.05, 0) is 29.8 Å². The summed E-state index contributed by atoms with van der Waals surface area (Å²) in [4.78, 5) is 15.2. The van der Waals surface area contributed by atoms with E-state index < -0.39 is 0 Å². The molecule has 1 heterocycles. The van der Waals surface area contributed by atoms with Crippen molar-refractivity contribution in [1.82, 2.24) is 4.98 Å². The van der Waals surface area contributed by atoms with Crippen molar-refractivity contribution in [3.8, 4) is 5.75 Å². The Morgan fingerprint density at radius 3 is 2.59 bits per heavy atom. The van der Waals surface area contributed by atoms with Gasteiger partial charge in [0.1, 0.15) is 18.6 Å². The van der Waals surface area contributed by atoms with Gasteiger partial charge < -0.3 is 4.74 Å². The number of fused-ring (bicyclic) bond motifs is 1. The molecule has 3 rings (SSSR count). The second-order valence-electron chi connectivity index (χ2n) is 4.95. The SMILES string of the molecule is C=C(C=O)c1ccc(OCc2ccc3ccccc3n2)cc1. The van der Waals surface area contributed by atoms with Crippen LogP contribution in [0.15, 0.2) is 67.2 Å². The van der Waals surface area contributed by atoms with E-state index in [2.05, 4.69) is 11.6 Å². The highest BCUT2D eigenvalue weighted by molar-refractivity contribution is 6.05. The second kappa shape index (κ2) is 6.22. The van der Waals surface area contributed by atoms with E-state index in [-0.39, 0.29) is 0 Å². The monoisotopic (exact) mass is 289 g/mol. The van der Waals surface area contributed by atoms with E-state index in [4.69, 9.17) is 4.74 Å². The molecule has 3 heteroatoms. The normalized spacial score (nSPS) is 10.4. The average Bonchev–Trinajstić information content (AvgIpc) is 2.59. The third-order valence-electron chi connectivity index (χ3n) is 3.41. The zero-order valence-electron chi connectivity index (χ0n) is 12.0. The number of carbonyl (C=O) groups excluding carboxylic acids is 1. The van der Waals surface area contributed by atoms with Crippen LogP contribution in [0.2, 0.25) is 0 Å². The van der Waals surface area contributed by atoms with E-state index in [0.29, 0.717) is 12.2 Å². The maximum atomic E-state index is 10.7. The molecule has 0 aliphatic carbocycles. The third kappa shape index (κ3) is 3.04. The lowest BCUT2D eigenvalue weighted by molar-refractivity contribution is -0.103. The van der Waals surface area contributed by atoms with Crippen molar-refractivity contribution in [2.24, 2.45) is 0 Å². The number of para-hydroxylation sites is 1. The van der Waals surface area contributed by atoms with Gasteiger partial charge in [-0.3, -0.25) is 4.79 Å². The molecule has 3 nitrogen and oxygen atoms in total. The molecule has 2 aromatic carbocycles. The smallest absolute Gasteiger partial charge is 0.150 e. The van der Waals surface area contributed by atoms with Crippen LogP contribution in [0.5, 0.6) is 5.75 Å². The van der Waals surface area contributed by atoms with Crippen molar-refractivity contribution >= 4 is 22.8 Å². The number of hydrogen-bond acceptors (Lipinski definition) is 3. The molecule has 22 heavy (non-hydrogen) atoms. The molecule has 0 bridgehead atoms. The van der Waals surface area contributed by atoms with E-state index in [0.717, 1.165) is 34.2 Å². The van der Waals surface area contributed by atoms with E-state index in [9.17, 15) is 4.79 Å². The number of allylic oxidation sites excluding steroid dienone is 1. The van der Waals surface area contributed by atoms with Crippen molar-refractivity contribution in [1.29, 1.82) is 0 Å². The first-order chi connectivity index (χ1) is 10.8. The minimum Gasteiger partial charge on any atom is -0.487 e. The van der Waals surface area contributed by atoms with Gasteiger partial charge in [-0.1, -0.05) is 43.0 Å². The van der Waals surface area contributed by atoms with Crippen LogP contribution in [0.3, 0.4) is 0 Å². The zero-order valence-corrected chi connectivity index (χ0v) is 12.0. The van der Waals surface area contributed by atoms with Crippen LogP contribution in [0.4, 0.5) is 0 Å². The van der Waals surface area contributed by atoms with Crippen LogP contribution < -0.4 is 4.74 Å². The molecule has 3 aromatic rings.